The lowest BCUT2D eigenvalue weighted by Crippen LogP contribution is -2.41. The van der Waals surface area contributed by atoms with Crippen LogP contribution >= 0.6 is 11.3 Å². The fourth-order valence-corrected chi connectivity index (χ4v) is 3.96. The van der Waals surface area contributed by atoms with E-state index in [0.29, 0.717) is 12.2 Å². The number of aryl methyl sites for hydroxylation is 2. The van der Waals surface area contributed by atoms with Crippen LogP contribution in [0.1, 0.15) is 35.6 Å². The molecule has 1 atom stereocenters. The number of hydrogen-bond acceptors (Lipinski definition) is 4. The van der Waals surface area contributed by atoms with Crippen LogP contribution in [0.3, 0.4) is 0 Å². The standard InChI is InChI=1S/C20H25N3O2S/c1-14-5-6-17(11-15(14)2)22-20(25)19(24)21-12-18(16-7-10-26-13-16)23-8-3-4-9-23/h5-7,10-11,13,18H,3-4,8-9,12H2,1-2H3,(H,21,24)(H,22,25). The van der Waals surface area contributed by atoms with Gasteiger partial charge in [-0.1, -0.05) is 6.07 Å². The average molecular weight is 372 g/mol. The quantitative estimate of drug-likeness (QED) is 0.793. The van der Waals surface area contributed by atoms with Crippen molar-refractivity contribution in [1.82, 2.24) is 10.2 Å². The molecule has 138 valence electrons. The Bertz CT molecular complexity index is 767. The van der Waals surface area contributed by atoms with Crippen LogP contribution in [0.15, 0.2) is 35.0 Å². The second kappa shape index (κ2) is 8.47. The second-order valence-electron chi connectivity index (χ2n) is 6.78. The molecule has 0 radical (unpaired) electrons. The van der Waals surface area contributed by atoms with E-state index in [9.17, 15) is 9.59 Å². The van der Waals surface area contributed by atoms with Gasteiger partial charge < -0.3 is 10.6 Å². The van der Waals surface area contributed by atoms with E-state index in [1.807, 2.05) is 37.4 Å². The largest absolute Gasteiger partial charge is 0.346 e. The number of thiophene rings is 1. The molecule has 0 bridgehead atoms. The van der Waals surface area contributed by atoms with Crippen molar-refractivity contribution in [3.8, 4) is 0 Å². The second-order valence-corrected chi connectivity index (χ2v) is 7.56. The zero-order chi connectivity index (χ0) is 18.5. The minimum absolute atomic E-state index is 0.127. The van der Waals surface area contributed by atoms with Crippen LogP contribution in [0.4, 0.5) is 5.69 Å². The number of anilines is 1. The first-order valence-electron chi connectivity index (χ1n) is 8.97. The number of nitrogens with one attached hydrogen (secondary N) is 2. The van der Waals surface area contributed by atoms with Gasteiger partial charge in [-0.2, -0.15) is 11.3 Å². The summed E-state index contributed by atoms with van der Waals surface area (Å²) in [6.45, 7) is 6.50. The van der Waals surface area contributed by atoms with Crippen LogP contribution in [-0.4, -0.2) is 36.3 Å². The highest BCUT2D eigenvalue weighted by Crippen LogP contribution is 2.26. The molecule has 2 heterocycles. The number of carbonyl (C=O) groups excluding carboxylic acids is 2. The summed E-state index contributed by atoms with van der Waals surface area (Å²) in [5.74, 6) is -1.22. The molecule has 1 aromatic heterocycles. The summed E-state index contributed by atoms with van der Waals surface area (Å²) in [6, 6.07) is 7.84. The van der Waals surface area contributed by atoms with Gasteiger partial charge in [-0.3, -0.25) is 14.5 Å². The van der Waals surface area contributed by atoms with Gasteiger partial charge in [-0.25, -0.2) is 0 Å². The fourth-order valence-electron chi connectivity index (χ4n) is 3.25. The number of benzene rings is 1. The van der Waals surface area contributed by atoms with Crippen molar-refractivity contribution < 1.29 is 9.59 Å². The van der Waals surface area contributed by atoms with Gasteiger partial charge in [0, 0.05) is 12.2 Å². The van der Waals surface area contributed by atoms with Gasteiger partial charge in [0.15, 0.2) is 0 Å². The summed E-state index contributed by atoms with van der Waals surface area (Å²) >= 11 is 1.65. The van der Waals surface area contributed by atoms with Gasteiger partial charge in [0.05, 0.1) is 6.04 Å². The van der Waals surface area contributed by atoms with E-state index in [2.05, 4.69) is 27.0 Å². The summed E-state index contributed by atoms with van der Waals surface area (Å²) in [7, 11) is 0. The Hall–Kier alpha value is -2.18. The van der Waals surface area contributed by atoms with Crippen molar-refractivity contribution in [2.24, 2.45) is 0 Å². The number of likely N-dealkylation sites (tertiary alicyclic amines) is 1. The Morgan fingerprint density at radius 1 is 1.12 bits per heavy atom. The van der Waals surface area contributed by atoms with E-state index in [0.717, 1.165) is 24.2 Å². The molecule has 0 saturated carbocycles. The molecular formula is C20H25N3O2S. The van der Waals surface area contributed by atoms with Crippen molar-refractivity contribution in [3.05, 3.63) is 51.7 Å². The smallest absolute Gasteiger partial charge is 0.313 e. The summed E-state index contributed by atoms with van der Waals surface area (Å²) in [6.07, 6.45) is 2.36. The van der Waals surface area contributed by atoms with Crippen molar-refractivity contribution in [2.75, 3.05) is 25.0 Å². The van der Waals surface area contributed by atoms with Gasteiger partial charge >= 0.3 is 11.8 Å². The zero-order valence-corrected chi connectivity index (χ0v) is 16.1. The molecule has 1 saturated heterocycles. The lowest BCUT2D eigenvalue weighted by molar-refractivity contribution is -0.136. The van der Waals surface area contributed by atoms with Gasteiger partial charge in [0.2, 0.25) is 0 Å². The van der Waals surface area contributed by atoms with E-state index >= 15 is 0 Å². The van der Waals surface area contributed by atoms with Crippen molar-refractivity contribution in [3.63, 3.8) is 0 Å². The zero-order valence-electron chi connectivity index (χ0n) is 15.2. The Labute approximate surface area is 158 Å². The SMILES string of the molecule is Cc1ccc(NC(=O)C(=O)NCC(c2ccsc2)N2CCCC2)cc1C. The van der Waals surface area contributed by atoms with E-state index in [4.69, 9.17) is 0 Å². The molecular weight excluding hydrogens is 346 g/mol. The molecule has 3 rings (SSSR count). The molecule has 1 aliphatic rings. The summed E-state index contributed by atoms with van der Waals surface area (Å²) < 4.78 is 0. The average Bonchev–Trinajstić information content (AvgIpc) is 3.32. The number of carbonyl (C=O) groups is 2. The third-order valence-electron chi connectivity index (χ3n) is 4.94. The highest BCUT2D eigenvalue weighted by molar-refractivity contribution is 7.08. The van der Waals surface area contributed by atoms with Crippen LogP contribution in [0.25, 0.3) is 0 Å². The molecule has 2 N–H and O–H groups in total. The number of nitrogens with zero attached hydrogens (tertiary/aromatic N) is 1. The van der Waals surface area contributed by atoms with Crippen molar-refractivity contribution in [2.45, 2.75) is 32.7 Å². The van der Waals surface area contributed by atoms with Gasteiger partial charge in [0.1, 0.15) is 0 Å². The van der Waals surface area contributed by atoms with Gasteiger partial charge in [0.25, 0.3) is 0 Å². The first-order valence-corrected chi connectivity index (χ1v) is 9.91. The summed E-state index contributed by atoms with van der Waals surface area (Å²) in [5, 5.41) is 9.64. The molecule has 6 heteroatoms. The Morgan fingerprint density at radius 3 is 2.54 bits per heavy atom. The highest BCUT2D eigenvalue weighted by Gasteiger charge is 2.25. The molecule has 1 aromatic carbocycles. The first-order chi connectivity index (χ1) is 12.5. The highest BCUT2D eigenvalue weighted by atomic mass is 32.1. The number of hydrogen-bond donors (Lipinski definition) is 2. The van der Waals surface area contributed by atoms with E-state index in [1.54, 1.807) is 11.3 Å². The molecule has 2 amide bonds. The Kier molecular flexibility index (Phi) is 6.06. The predicted octanol–water partition coefficient (Wildman–Crippen LogP) is 3.26. The van der Waals surface area contributed by atoms with E-state index < -0.39 is 11.8 Å². The van der Waals surface area contributed by atoms with E-state index in [-0.39, 0.29) is 6.04 Å². The maximum Gasteiger partial charge on any atom is 0.313 e. The monoisotopic (exact) mass is 371 g/mol. The predicted molar refractivity (Wildman–Crippen MR) is 105 cm³/mol. The summed E-state index contributed by atoms with van der Waals surface area (Å²) in [5.41, 5.74) is 4.07. The molecule has 2 aromatic rings. The molecule has 5 nitrogen and oxygen atoms in total. The lowest BCUT2D eigenvalue weighted by atomic mass is 10.1. The number of amides is 2. The maximum absolute atomic E-state index is 12.2. The van der Waals surface area contributed by atoms with Gasteiger partial charge in [-0.15, -0.1) is 0 Å². The van der Waals surface area contributed by atoms with Crippen LogP contribution < -0.4 is 10.6 Å². The normalized spacial score (nSPS) is 15.6. The first kappa shape index (κ1) is 18.6. The van der Waals surface area contributed by atoms with Crippen molar-refractivity contribution in [1.29, 1.82) is 0 Å². The molecule has 1 fully saturated rings. The number of rotatable bonds is 5. The molecule has 26 heavy (non-hydrogen) atoms. The van der Waals surface area contributed by atoms with Crippen LogP contribution in [0.2, 0.25) is 0 Å². The molecule has 1 unspecified atom stereocenters. The minimum atomic E-state index is -0.626. The minimum Gasteiger partial charge on any atom is -0.346 e. The van der Waals surface area contributed by atoms with Crippen LogP contribution in [0.5, 0.6) is 0 Å². The molecule has 0 aliphatic carbocycles. The third kappa shape index (κ3) is 4.51. The fraction of sp³-hybridized carbons (Fsp3) is 0.400. The molecule has 1 aliphatic heterocycles. The Balaban J connectivity index is 1.58. The maximum atomic E-state index is 12.2. The van der Waals surface area contributed by atoms with Crippen molar-refractivity contribution >= 4 is 28.8 Å². The topological polar surface area (TPSA) is 61.4 Å². The summed E-state index contributed by atoms with van der Waals surface area (Å²) in [4.78, 5) is 26.8. The van der Waals surface area contributed by atoms with E-state index in [1.165, 1.54) is 18.4 Å². The lowest BCUT2D eigenvalue weighted by Gasteiger charge is -2.27. The van der Waals surface area contributed by atoms with Gasteiger partial charge in [-0.05, 0) is 85.4 Å². The van der Waals surface area contributed by atoms with Crippen LogP contribution in [0, 0.1) is 13.8 Å². The Morgan fingerprint density at radius 2 is 1.88 bits per heavy atom. The third-order valence-corrected chi connectivity index (χ3v) is 5.64. The molecule has 0 spiro atoms. The van der Waals surface area contributed by atoms with Crippen LogP contribution in [-0.2, 0) is 9.59 Å².